The zero-order chi connectivity index (χ0) is 17.3. The van der Waals surface area contributed by atoms with Crippen molar-refractivity contribution in [1.29, 1.82) is 0 Å². The van der Waals surface area contributed by atoms with E-state index in [4.69, 9.17) is 16.6 Å². The van der Waals surface area contributed by atoms with E-state index < -0.39 is 54.6 Å². The Balaban J connectivity index is 4.66. The number of hydrogen-bond acceptors (Lipinski definition) is 6. The summed E-state index contributed by atoms with van der Waals surface area (Å²) >= 11 is 0. The number of rotatable bonds is 9. The quantitative estimate of drug-likeness (QED) is 0.249. The zero-order valence-electron chi connectivity index (χ0n) is 11.9. The van der Waals surface area contributed by atoms with Gasteiger partial charge in [0.15, 0.2) is 0 Å². The normalized spacial score (nSPS) is 12.6. The topological polar surface area (TPSA) is 194 Å². The largest absolute Gasteiger partial charge is 0.480 e. The molecule has 0 aliphatic carbocycles. The third-order valence-electron chi connectivity index (χ3n) is 2.42. The molecule has 2 unspecified atom stereocenters. The number of nitrogens with one attached hydrogen (secondary N) is 3. The Labute approximate surface area is 125 Å². The molecule has 0 fully saturated rings. The van der Waals surface area contributed by atoms with Gasteiger partial charge in [0.05, 0.1) is 19.5 Å². The number of carbonyl (C=O) groups is 5. The van der Waals surface area contributed by atoms with Crippen molar-refractivity contribution < 1.29 is 29.1 Å². The van der Waals surface area contributed by atoms with Gasteiger partial charge in [0.25, 0.3) is 0 Å². The zero-order valence-corrected chi connectivity index (χ0v) is 11.9. The van der Waals surface area contributed by atoms with Crippen LogP contribution in [0.4, 0.5) is 0 Å². The molecule has 0 spiro atoms. The minimum Gasteiger partial charge on any atom is -0.480 e. The van der Waals surface area contributed by atoms with E-state index in [1.165, 1.54) is 6.92 Å². The van der Waals surface area contributed by atoms with Gasteiger partial charge >= 0.3 is 5.97 Å². The predicted octanol–water partition coefficient (Wildman–Crippen LogP) is -3.99. The molecule has 124 valence electrons. The number of carbonyl (C=O) groups excluding carboxylic acids is 4. The summed E-state index contributed by atoms with van der Waals surface area (Å²) in [6.45, 7) is 0.451. The predicted molar refractivity (Wildman–Crippen MR) is 73.0 cm³/mol. The van der Waals surface area contributed by atoms with E-state index in [2.05, 4.69) is 16.0 Å². The third kappa shape index (κ3) is 7.79. The first-order valence-electron chi connectivity index (χ1n) is 6.25. The second-order valence-corrected chi connectivity index (χ2v) is 4.34. The molecule has 0 aromatic rings. The standard InChI is InChI=1S/C11H19N5O6/c1-5(11(21)22)15-10(20)6(2-7(13)17)16-9(19)4-14-8(18)3-12/h5-6H,2-4,12H2,1H3,(H2,13,17)(H,14,18)(H,15,20)(H,16,19)(H,21,22). The Morgan fingerprint density at radius 3 is 2.14 bits per heavy atom. The minimum atomic E-state index is -1.35. The average Bonchev–Trinajstić information content (AvgIpc) is 2.43. The smallest absolute Gasteiger partial charge is 0.325 e. The molecule has 0 heterocycles. The number of carboxylic acid groups (broad SMARTS) is 1. The van der Waals surface area contributed by atoms with Crippen LogP contribution in [0.1, 0.15) is 13.3 Å². The van der Waals surface area contributed by atoms with Crippen LogP contribution >= 0.6 is 0 Å². The molecule has 0 aromatic carbocycles. The van der Waals surface area contributed by atoms with Crippen molar-refractivity contribution in [2.45, 2.75) is 25.4 Å². The monoisotopic (exact) mass is 317 g/mol. The summed E-state index contributed by atoms with van der Waals surface area (Å²) in [6, 6.07) is -2.56. The lowest BCUT2D eigenvalue weighted by Gasteiger charge is -2.19. The molecule has 8 N–H and O–H groups in total. The van der Waals surface area contributed by atoms with Crippen LogP contribution in [0.5, 0.6) is 0 Å². The summed E-state index contributed by atoms with van der Waals surface area (Å²) in [4.78, 5) is 55.9. The van der Waals surface area contributed by atoms with Crippen LogP contribution in [0.25, 0.3) is 0 Å². The van der Waals surface area contributed by atoms with Crippen molar-refractivity contribution >= 4 is 29.6 Å². The molecule has 11 nitrogen and oxygen atoms in total. The molecule has 0 aliphatic heterocycles. The minimum absolute atomic E-state index is 0.311. The average molecular weight is 317 g/mol. The first-order valence-corrected chi connectivity index (χ1v) is 6.25. The molecule has 0 saturated heterocycles. The first-order chi connectivity index (χ1) is 10.2. The van der Waals surface area contributed by atoms with Crippen LogP contribution in [0.3, 0.4) is 0 Å². The highest BCUT2D eigenvalue weighted by molar-refractivity contribution is 5.94. The summed E-state index contributed by atoms with van der Waals surface area (Å²) in [5.41, 5.74) is 10.0. The van der Waals surface area contributed by atoms with Gasteiger partial charge < -0.3 is 32.5 Å². The van der Waals surface area contributed by atoms with Gasteiger partial charge in [-0.2, -0.15) is 0 Å². The van der Waals surface area contributed by atoms with Gasteiger partial charge in [0, 0.05) is 0 Å². The molecule has 0 aliphatic rings. The van der Waals surface area contributed by atoms with Crippen LogP contribution in [0.2, 0.25) is 0 Å². The molecule has 0 radical (unpaired) electrons. The maximum atomic E-state index is 11.8. The Morgan fingerprint density at radius 1 is 1.09 bits per heavy atom. The van der Waals surface area contributed by atoms with Gasteiger partial charge in [0.2, 0.25) is 23.6 Å². The molecule has 0 rings (SSSR count). The number of hydrogen-bond donors (Lipinski definition) is 6. The van der Waals surface area contributed by atoms with Crippen molar-refractivity contribution in [3.8, 4) is 0 Å². The van der Waals surface area contributed by atoms with Crippen LogP contribution in [0, 0.1) is 0 Å². The second-order valence-electron chi connectivity index (χ2n) is 4.34. The van der Waals surface area contributed by atoms with Gasteiger partial charge in [-0.25, -0.2) is 0 Å². The number of nitrogens with two attached hydrogens (primary N) is 2. The summed E-state index contributed by atoms with van der Waals surface area (Å²) in [5, 5.41) is 15.1. The number of aliphatic carboxylic acids is 1. The van der Waals surface area contributed by atoms with Crippen LogP contribution in [0.15, 0.2) is 0 Å². The summed E-state index contributed by atoms with van der Waals surface area (Å²) in [7, 11) is 0. The van der Waals surface area contributed by atoms with E-state index in [0.29, 0.717) is 0 Å². The van der Waals surface area contributed by atoms with Crippen LogP contribution in [-0.4, -0.2) is 59.9 Å². The number of carboxylic acids is 1. The van der Waals surface area contributed by atoms with E-state index in [1.54, 1.807) is 0 Å². The SMILES string of the molecule is CC(NC(=O)C(CC(N)=O)NC(=O)CNC(=O)CN)C(=O)O. The Bertz CT molecular complexity index is 466. The lowest BCUT2D eigenvalue weighted by Crippen LogP contribution is -2.53. The van der Waals surface area contributed by atoms with Crippen molar-refractivity contribution in [3.63, 3.8) is 0 Å². The van der Waals surface area contributed by atoms with E-state index in [0.717, 1.165) is 0 Å². The maximum Gasteiger partial charge on any atom is 0.325 e. The molecule has 4 amide bonds. The lowest BCUT2D eigenvalue weighted by atomic mass is 10.1. The van der Waals surface area contributed by atoms with Gasteiger partial charge in [-0.05, 0) is 6.92 Å². The van der Waals surface area contributed by atoms with E-state index in [1.807, 2.05) is 0 Å². The highest BCUT2D eigenvalue weighted by Crippen LogP contribution is 1.94. The lowest BCUT2D eigenvalue weighted by molar-refractivity contribution is -0.141. The van der Waals surface area contributed by atoms with E-state index >= 15 is 0 Å². The van der Waals surface area contributed by atoms with Crippen LogP contribution in [-0.2, 0) is 24.0 Å². The van der Waals surface area contributed by atoms with Gasteiger partial charge in [-0.15, -0.1) is 0 Å². The highest BCUT2D eigenvalue weighted by Gasteiger charge is 2.25. The number of amides is 4. The van der Waals surface area contributed by atoms with Crippen LogP contribution < -0.4 is 27.4 Å². The molecule has 11 heteroatoms. The molecule has 0 bridgehead atoms. The highest BCUT2D eigenvalue weighted by atomic mass is 16.4. The van der Waals surface area contributed by atoms with E-state index in [-0.39, 0.29) is 6.54 Å². The Morgan fingerprint density at radius 2 is 1.68 bits per heavy atom. The fraction of sp³-hybridized carbons (Fsp3) is 0.545. The third-order valence-corrected chi connectivity index (χ3v) is 2.42. The van der Waals surface area contributed by atoms with Gasteiger partial charge in [0.1, 0.15) is 12.1 Å². The van der Waals surface area contributed by atoms with Gasteiger partial charge in [-0.1, -0.05) is 0 Å². The maximum absolute atomic E-state index is 11.8. The van der Waals surface area contributed by atoms with Crippen molar-refractivity contribution in [2.75, 3.05) is 13.1 Å². The fourth-order valence-corrected chi connectivity index (χ4v) is 1.28. The molecule has 0 aromatic heterocycles. The van der Waals surface area contributed by atoms with Gasteiger partial charge in [-0.3, -0.25) is 24.0 Å². The van der Waals surface area contributed by atoms with Crippen molar-refractivity contribution in [3.05, 3.63) is 0 Å². The fourth-order valence-electron chi connectivity index (χ4n) is 1.28. The summed E-state index contributed by atoms with van der Waals surface area (Å²) < 4.78 is 0. The van der Waals surface area contributed by atoms with Crippen molar-refractivity contribution in [2.24, 2.45) is 11.5 Å². The number of primary amides is 1. The summed E-state index contributed by atoms with van der Waals surface area (Å²) in [5.74, 6) is -4.37. The van der Waals surface area contributed by atoms with E-state index in [9.17, 15) is 24.0 Å². The second kappa shape index (κ2) is 9.28. The molecule has 2 atom stereocenters. The van der Waals surface area contributed by atoms with Crippen molar-refractivity contribution in [1.82, 2.24) is 16.0 Å². The Kier molecular flexibility index (Phi) is 8.15. The Hall–Kier alpha value is -2.69. The molecular weight excluding hydrogens is 298 g/mol. The molecular formula is C11H19N5O6. The molecule has 0 saturated carbocycles. The summed E-state index contributed by atoms with van der Waals surface area (Å²) in [6.07, 6.45) is -0.519. The first kappa shape index (κ1) is 19.3. The molecule has 22 heavy (non-hydrogen) atoms.